The van der Waals surface area contributed by atoms with Gasteiger partial charge in [-0.3, -0.25) is 0 Å². The molecule has 1 amide bonds. The molecule has 24 heavy (non-hydrogen) atoms. The molecule has 0 saturated heterocycles. The van der Waals surface area contributed by atoms with Crippen LogP contribution in [0.3, 0.4) is 0 Å². The second-order valence-electron chi connectivity index (χ2n) is 4.95. The highest BCUT2D eigenvalue weighted by molar-refractivity contribution is 7.93. The molecule has 0 radical (unpaired) electrons. The number of hydrogen-bond acceptors (Lipinski definition) is 5. The number of anilines is 1. The monoisotopic (exact) mass is 363 g/mol. The minimum Gasteiger partial charge on any atom is -0.464 e. The molecule has 0 aliphatic rings. The Hall–Kier alpha value is -2.58. The van der Waals surface area contributed by atoms with Crippen molar-refractivity contribution in [3.05, 3.63) is 59.7 Å². The van der Waals surface area contributed by atoms with E-state index in [2.05, 4.69) is 0 Å². The van der Waals surface area contributed by atoms with Crippen molar-refractivity contribution in [3.8, 4) is 10.4 Å². The second-order valence-corrected chi connectivity index (χ2v) is 7.58. The van der Waals surface area contributed by atoms with Gasteiger partial charge < -0.3 is 9.52 Å². The number of aryl methyl sites for hydroxylation is 1. The molecule has 0 atom stereocenters. The molecule has 0 aliphatic carbocycles. The molecule has 0 saturated carbocycles. The van der Waals surface area contributed by atoms with E-state index in [1.165, 1.54) is 34.9 Å². The van der Waals surface area contributed by atoms with Crippen molar-refractivity contribution in [2.75, 3.05) is 4.31 Å². The van der Waals surface area contributed by atoms with Crippen molar-refractivity contribution in [2.45, 2.75) is 12.0 Å². The van der Waals surface area contributed by atoms with E-state index in [4.69, 9.17) is 4.42 Å². The Morgan fingerprint density at radius 3 is 2.46 bits per heavy atom. The van der Waals surface area contributed by atoms with Crippen LogP contribution in [0.1, 0.15) is 5.76 Å². The summed E-state index contributed by atoms with van der Waals surface area (Å²) in [6.45, 7) is 1.59. The summed E-state index contributed by atoms with van der Waals surface area (Å²) in [4.78, 5) is 12.3. The largest absolute Gasteiger partial charge is 0.464 e. The first kappa shape index (κ1) is 16.3. The van der Waals surface area contributed by atoms with E-state index >= 15 is 0 Å². The number of carbonyl (C=O) groups is 1. The molecular weight excluding hydrogens is 350 g/mol. The summed E-state index contributed by atoms with van der Waals surface area (Å²) in [6.07, 6.45) is -1.60. The predicted molar refractivity (Wildman–Crippen MR) is 90.9 cm³/mol. The van der Waals surface area contributed by atoms with Gasteiger partial charge in [0.15, 0.2) is 0 Å². The second kappa shape index (κ2) is 6.14. The summed E-state index contributed by atoms with van der Waals surface area (Å²) in [5.74, 6) is 0.384. The lowest BCUT2D eigenvalue weighted by Gasteiger charge is -2.15. The van der Waals surface area contributed by atoms with Crippen molar-refractivity contribution in [1.82, 2.24) is 0 Å². The van der Waals surface area contributed by atoms with Gasteiger partial charge in [0.2, 0.25) is 5.09 Å². The Balaban J connectivity index is 2.04. The van der Waals surface area contributed by atoms with Crippen molar-refractivity contribution in [1.29, 1.82) is 0 Å². The van der Waals surface area contributed by atoms with Crippen LogP contribution < -0.4 is 4.31 Å². The van der Waals surface area contributed by atoms with Crippen LogP contribution in [-0.2, 0) is 10.0 Å². The first-order chi connectivity index (χ1) is 11.4. The van der Waals surface area contributed by atoms with Gasteiger partial charge in [0.05, 0.1) is 5.69 Å². The van der Waals surface area contributed by atoms with E-state index in [9.17, 15) is 18.3 Å². The van der Waals surface area contributed by atoms with Gasteiger partial charge in [-0.2, -0.15) is 12.7 Å². The van der Waals surface area contributed by atoms with Crippen LogP contribution in [0.15, 0.2) is 63.4 Å². The molecule has 124 valence electrons. The minimum atomic E-state index is -4.33. The first-order valence-corrected chi connectivity index (χ1v) is 9.20. The molecule has 0 unspecified atom stereocenters. The third-order valence-corrected chi connectivity index (χ3v) is 5.80. The van der Waals surface area contributed by atoms with Crippen LogP contribution in [0.4, 0.5) is 10.5 Å². The molecule has 0 spiro atoms. The van der Waals surface area contributed by atoms with Crippen LogP contribution in [0.5, 0.6) is 0 Å². The predicted octanol–water partition coefficient (Wildman–Crippen LogP) is 4.19. The SMILES string of the molecule is Cc1ccc(S(=O)(=O)N(C(=O)O)c2csc(-c3ccccc3)c2)o1. The average Bonchev–Trinajstić information content (AvgIpc) is 3.17. The zero-order valence-electron chi connectivity index (χ0n) is 12.5. The molecule has 3 aromatic rings. The molecule has 2 heterocycles. The van der Waals surface area contributed by atoms with Crippen molar-refractivity contribution in [2.24, 2.45) is 0 Å². The quantitative estimate of drug-likeness (QED) is 0.751. The molecule has 1 aromatic carbocycles. The Morgan fingerprint density at radius 1 is 1.17 bits per heavy atom. The summed E-state index contributed by atoms with van der Waals surface area (Å²) in [5.41, 5.74) is 0.936. The maximum absolute atomic E-state index is 12.6. The molecule has 8 heteroatoms. The Bertz CT molecular complexity index is 973. The van der Waals surface area contributed by atoms with Gasteiger partial charge in [0, 0.05) is 10.3 Å². The van der Waals surface area contributed by atoms with Gasteiger partial charge in [0.25, 0.3) is 0 Å². The maximum atomic E-state index is 12.6. The number of benzene rings is 1. The number of thiophene rings is 1. The third-order valence-electron chi connectivity index (χ3n) is 3.26. The fourth-order valence-corrected chi connectivity index (χ4v) is 4.37. The lowest BCUT2D eigenvalue weighted by molar-refractivity contribution is 0.206. The first-order valence-electron chi connectivity index (χ1n) is 6.88. The van der Waals surface area contributed by atoms with E-state index in [-0.39, 0.29) is 5.69 Å². The average molecular weight is 363 g/mol. The molecule has 3 rings (SSSR count). The van der Waals surface area contributed by atoms with Crippen LogP contribution in [0.25, 0.3) is 10.4 Å². The molecule has 6 nitrogen and oxygen atoms in total. The summed E-state index contributed by atoms with van der Waals surface area (Å²) in [6, 6.07) is 13.5. The zero-order chi connectivity index (χ0) is 17.3. The number of carboxylic acid groups (broad SMARTS) is 1. The van der Waals surface area contributed by atoms with Gasteiger partial charge in [-0.15, -0.1) is 11.3 Å². The molecule has 2 aromatic heterocycles. The number of sulfonamides is 1. The van der Waals surface area contributed by atoms with E-state index in [0.29, 0.717) is 10.1 Å². The fourth-order valence-electron chi connectivity index (χ4n) is 2.18. The number of hydrogen-bond donors (Lipinski definition) is 1. The van der Waals surface area contributed by atoms with Crippen LogP contribution in [0.2, 0.25) is 0 Å². The summed E-state index contributed by atoms with van der Waals surface area (Å²) < 4.78 is 30.6. The minimum absolute atomic E-state index is 0.0559. The van der Waals surface area contributed by atoms with Gasteiger partial charge in [0.1, 0.15) is 5.76 Å². The van der Waals surface area contributed by atoms with Gasteiger partial charge in [-0.1, -0.05) is 30.3 Å². The van der Waals surface area contributed by atoms with Gasteiger partial charge >= 0.3 is 16.1 Å². The Morgan fingerprint density at radius 2 is 1.88 bits per heavy atom. The van der Waals surface area contributed by atoms with E-state index in [1.54, 1.807) is 6.92 Å². The summed E-state index contributed by atoms with van der Waals surface area (Å²) >= 11 is 1.26. The lowest BCUT2D eigenvalue weighted by Crippen LogP contribution is -2.35. The third kappa shape index (κ3) is 2.93. The smallest absolute Gasteiger partial charge is 0.426 e. The zero-order valence-corrected chi connectivity index (χ0v) is 14.2. The molecule has 0 fully saturated rings. The Labute approximate surface area is 142 Å². The maximum Gasteiger partial charge on any atom is 0.426 e. The highest BCUT2D eigenvalue weighted by Gasteiger charge is 2.34. The molecular formula is C16H13NO5S2. The summed E-state index contributed by atoms with van der Waals surface area (Å²) in [7, 11) is -4.33. The van der Waals surface area contributed by atoms with E-state index in [1.807, 2.05) is 30.3 Å². The molecule has 0 aliphatic heterocycles. The van der Waals surface area contributed by atoms with Crippen LogP contribution in [-0.4, -0.2) is 19.6 Å². The van der Waals surface area contributed by atoms with Crippen molar-refractivity contribution in [3.63, 3.8) is 0 Å². The number of furan rings is 1. The topological polar surface area (TPSA) is 87.8 Å². The number of rotatable bonds is 4. The van der Waals surface area contributed by atoms with Gasteiger partial charge in [-0.05, 0) is 30.7 Å². The van der Waals surface area contributed by atoms with Gasteiger partial charge in [-0.25, -0.2) is 4.79 Å². The number of nitrogens with zero attached hydrogens (tertiary/aromatic N) is 1. The van der Waals surface area contributed by atoms with Crippen LogP contribution in [0, 0.1) is 6.92 Å². The van der Waals surface area contributed by atoms with Crippen molar-refractivity contribution < 1.29 is 22.7 Å². The van der Waals surface area contributed by atoms with Crippen LogP contribution >= 0.6 is 11.3 Å². The highest BCUT2D eigenvalue weighted by Crippen LogP contribution is 2.34. The summed E-state index contributed by atoms with van der Waals surface area (Å²) in [5, 5.41) is 10.5. The molecule has 1 N–H and O–H groups in total. The lowest BCUT2D eigenvalue weighted by atomic mass is 10.2. The number of amides is 1. The van der Waals surface area contributed by atoms with E-state index < -0.39 is 21.2 Å². The highest BCUT2D eigenvalue weighted by atomic mass is 32.2. The normalized spacial score (nSPS) is 11.4. The fraction of sp³-hybridized carbons (Fsp3) is 0.0625. The Kier molecular flexibility index (Phi) is 4.16. The van der Waals surface area contributed by atoms with E-state index in [0.717, 1.165) is 10.4 Å². The molecule has 0 bridgehead atoms. The standard InChI is InChI=1S/C16H13NO5S2/c1-11-7-8-15(22-11)24(20,21)17(16(18)19)13-9-14(23-10-13)12-5-3-2-4-6-12/h2-10H,1H3,(H,18,19). The van der Waals surface area contributed by atoms with Crippen molar-refractivity contribution >= 4 is 33.1 Å².